The first-order valence-electron chi connectivity index (χ1n) is 10.3. The van der Waals surface area contributed by atoms with Crippen LogP contribution in [0.25, 0.3) is 6.08 Å². The van der Waals surface area contributed by atoms with Crippen molar-refractivity contribution in [3.63, 3.8) is 0 Å². The van der Waals surface area contributed by atoms with Gasteiger partial charge in [0.15, 0.2) is 0 Å². The van der Waals surface area contributed by atoms with Gasteiger partial charge in [-0.15, -0.1) is 0 Å². The summed E-state index contributed by atoms with van der Waals surface area (Å²) in [5, 5.41) is 3.85. The molecule has 0 amide bonds. The van der Waals surface area contributed by atoms with Gasteiger partial charge in [-0.05, 0) is 49.2 Å². The van der Waals surface area contributed by atoms with Gasteiger partial charge in [0, 0.05) is 17.9 Å². The Bertz CT molecular complexity index is 961. The lowest BCUT2D eigenvalue weighted by Crippen LogP contribution is -2.28. The van der Waals surface area contributed by atoms with E-state index in [1.807, 2.05) is 19.1 Å². The van der Waals surface area contributed by atoms with Crippen LogP contribution in [0.5, 0.6) is 0 Å². The summed E-state index contributed by atoms with van der Waals surface area (Å²) < 4.78 is 45.7. The fourth-order valence-electron chi connectivity index (χ4n) is 4.69. The summed E-state index contributed by atoms with van der Waals surface area (Å²) >= 11 is 0. The van der Waals surface area contributed by atoms with Crippen LogP contribution in [0.15, 0.2) is 63.9 Å². The minimum Gasteiger partial charge on any atom is -0.361 e. The summed E-state index contributed by atoms with van der Waals surface area (Å²) in [6.45, 7) is 2.04. The van der Waals surface area contributed by atoms with E-state index in [-0.39, 0.29) is 30.3 Å². The number of hydrogen-bond acceptors (Lipinski definition) is 3. The van der Waals surface area contributed by atoms with Crippen LogP contribution in [0.2, 0.25) is 0 Å². The first-order valence-corrected chi connectivity index (χ1v) is 10.3. The first-order chi connectivity index (χ1) is 14.4. The van der Waals surface area contributed by atoms with Crippen molar-refractivity contribution in [2.75, 3.05) is 0 Å². The number of aldehydes is 1. The van der Waals surface area contributed by atoms with E-state index >= 15 is 0 Å². The number of hydrogen-bond donors (Lipinski definition) is 0. The fraction of sp³-hybridized carbons (Fsp3) is 0.417. The number of fused-ring (bicyclic) bond motifs is 1. The number of alkyl halides is 3. The number of halogens is 3. The predicted molar refractivity (Wildman–Crippen MR) is 108 cm³/mol. The zero-order valence-electron chi connectivity index (χ0n) is 16.7. The minimum atomic E-state index is -4.31. The molecule has 4 rings (SSSR count). The van der Waals surface area contributed by atoms with Crippen LogP contribution >= 0.6 is 0 Å². The Morgan fingerprint density at radius 2 is 2.03 bits per heavy atom. The van der Waals surface area contributed by atoms with E-state index in [0.717, 1.165) is 41.6 Å². The SMILES string of the molecule is CC1=C(/C=C/C2=CC(C=O)CCC2C(F)(F)F)C=CCC1C1C=Cc2cnoc2C1. The number of carbonyl (C=O) groups excluding carboxylic acids is 1. The number of carbonyl (C=O) groups is 1. The maximum Gasteiger partial charge on any atom is 0.395 e. The van der Waals surface area contributed by atoms with E-state index in [0.29, 0.717) is 0 Å². The zero-order valence-corrected chi connectivity index (χ0v) is 16.7. The average molecular weight is 415 g/mol. The molecular weight excluding hydrogens is 391 g/mol. The van der Waals surface area contributed by atoms with Crippen LogP contribution in [0.1, 0.15) is 37.5 Å². The van der Waals surface area contributed by atoms with Crippen LogP contribution in [-0.4, -0.2) is 17.6 Å². The Hall–Kier alpha value is -2.63. The van der Waals surface area contributed by atoms with Gasteiger partial charge in [0.1, 0.15) is 12.0 Å². The molecule has 1 aromatic heterocycles. The average Bonchev–Trinajstić information content (AvgIpc) is 3.20. The molecule has 4 atom stereocenters. The summed E-state index contributed by atoms with van der Waals surface area (Å²) in [7, 11) is 0. The van der Waals surface area contributed by atoms with Gasteiger partial charge in [0.25, 0.3) is 0 Å². The molecule has 4 unspecified atom stereocenters. The van der Waals surface area contributed by atoms with E-state index in [1.165, 1.54) is 6.08 Å². The normalized spacial score (nSPS) is 29.3. The quantitative estimate of drug-likeness (QED) is 0.565. The molecule has 0 saturated carbocycles. The van der Waals surface area contributed by atoms with Crippen LogP contribution in [0.4, 0.5) is 13.2 Å². The largest absolute Gasteiger partial charge is 0.395 e. The Labute approximate surface area is 173 Å². The van der Waals surface area contributed by atoms with Crippen molar-refractivity contribution in [3.05, 3.63) is 70.7 Å². The maximum absolute atomic E-state index is 13.5. The van der Waals surface area contributed by atoms with Gasteiger partial charge in [-0.2, -0.15) is 13.2 Å². The summed E-state index contributed by atoms with van der Waals surface area (Å²) in [5.41, 5.74) is 3.27. The predicted octanol–water partition coefficient (Wildman–Crippen LogP) is 6.02. The summed E-state index contributed by atoms with van der Waals surface area (Å²) in [5.74, 6) is -0.570. The molecule has 0 bridgehead atoms. The molecule has 3 nitrogen and oxygen atoms in total. The van der Waals surface area contributed by atoms with Crippen LogP contribution in [-0.2, 0) is 11.2 Å². The Morgan fingerprint density at radius 1 is 1.20 bits per heavy atom. The summed E-state index contributed by atoms with van der Waals surface area (Å²) in [6.07, 6.45) is 13.0. The maximum atomic E-state index is 13.5. The molecule has 0 spiro atoms. The lowest BCUT2D eigenvalue weighted by molar-refractivity contribution is -0.166. The van der Waals surface area contributed by atoms with Crippen LogP contribution in [0.3, 0.4) is 0 Å². The second-order valence-electron chi connectivity index (χ2n) is 8.29. The molecule has 158 valence electrons. The Kier molecular flexibility index (Phi) is 5.67. The van der Waals surface area contributed by atoms with E-state index in [2.05, 4.69) is 17.3 Å². The molecule has 0 fully saturated rings. The third-order valence-corrected chi connectivity index (χ3v) is 6.46. The number of allylic oxidation sites excluding steroid dienone is 9. The van der Waals surface area contributed by atoms with E-state index in [1.54, 1.807) is 18.3 Å². The van der Waals surface area contributed by atoms with Gasteiger partial charge < -0.3 is 9.32 Å². The van der Waals surface area contributed by atoms with Gasteiger partial charge in [0.2, 0.25) is 0 Å². The van der Waals surface area contributed by atoms with E-state index in [4.69, 9.17) is 4.52 Å². The lowest BCUT2D eigenvalue weighted by Gasteiger charge is -2.30. The summed E-state index contributed by atoms with van der Waals surface area (Å²) in [4.78, 5) is 11.1. The van der Waals surface area contributed by atoms with Crippen molar-refractivity contribution in [2.45, 2.75) is 38.8 Å². The lowest BCUT2D eigenvalue weighted by atomic mass is 9.75. The minimum absolute atomic E-state index is 0.0496. The number of nitrogens with zero attached hydrogens (tertiary/aromatic N) is 1. The topological polar surface area (TPSA) is 43.1 Å². The molecule has 3 aliphatic rings. The van der Waals surface area contributed by atoms with Gasteiger partial charge in [0.05, 0.1) is 12.1 Å². The van der Waals surface area contributed by atoms with Crippen LogP contribution in [0, 0.1) is 23.7 Å². The van der Waals surface area contributed by atoms with Crippen molar-refractivity contribution in [3.8, 4) is 0 Å². The molecule has 0 saturated heterocycles. The fourth-order valence-corrected chi connectivity index (χ4v) is 4.69. The standard InChI is InChI=1S/C24H24F3NO2/c1-15-17(6-8-19-11-16(14-29)5-10-22(19)24(25,26)27)3-2-4-21(15)18-7-9-20-13-28-30-23(20)12-18/h2-3,6-9,11,13-14,16,18,21-22H,4-5,10,12H2,1H3/b8-6+. The highest BCUT2D eigenvalue weighted by molar-refractivity contribution is 5.58. The third kappa shape index (κ3) is 4.13. The number of rotatable bonds is 4. The van der Waals surface area contributed by atoms with Gasteiger partial charge >= 0.3 is 6.18 Å². The molecule has 1 heterocycles. The van der Waals surface area contributed by atoms with Gasteiger partial charge in [-0.3, -0.25) is 0 Å². The molecule has 0 aromatic carbocycles. The van der Waals surface area contributed by atoms with Crippen molar-refractivity contribution in [1.29, 1.82) is 0 Å². The zero-order chi connectivity index (χ0) is 21.3. The molecule has 30 heavy (non-hydrogen) atoms. The highest BCUT2D eigenvalue weighted by Gasteiger charge is 2.42. The molecule has 0 N–H and O–H groups in total. The first kappa shape index (κ1) is 20.6. The van der Waals surface area contributed by atoms with Crippen molar-refractivity contribution >= 4 is 12.4 Å². The molecular formula is C24H24F3NO2. The highest BCUT2D eigenvalue weighted by atomic mass is 19.4. The highest BCUT2D eigenvalue weighted by Crippen LogP contribution is 2.41. The molecule has 3 aliphatic carbocycles. The molecule has 0 aliphatic heterocycles. The summed E-state index contributed by atoms with van der Waals surface area (Å²) in [6, 6.07) is 0. The van der Waals surface area contributed by atoms with Crippen LogP contribution < -0.4 is 0 Å². The second kappa shape index (κ2) is 8.25. The monoisotopic (exact) mass is 415 g/mol. The van der Waals surface area contributed by atoms with E-state index < -0.39 is 18.0 Å². The molecule has 1 aromatic rings. The van der Waals surface area contributed by atoms with Crippen molar-refractivity contribution < 1.29 is 22.5 Å². The second-order valence-corrected chi connectivity index (χ2v) is 8.29. The Balaban J connectivity index is 1.57. The van der Waals surface area contributed by atoms with E-state index in [9.17, 15) is 18.0 Å². The molecule has 6 heteroatoms. The molecule has 0 radical (unpaired) electrons. The van der Waals surface area contributed by atoms with Gasteiger partial charge in [-0.25, -0.2) is 0 Å². The Morgan fingerprint density at radius 3 is 2.80 bits per heavy atom. The van der Waals surface area contributed by atoms with Crippen molar-refractivity contribution in [1.82, 2.24) is 5.16 Å². The van der Waals surface area contributed by atoms with Crippen molar-refractivity contribution in [2.24, 2.45) is 23.7 Å². The number of aromatic nitrogens is 1. The van der Waals surface area contributed by atoms with Gasteiger partial charge in [-0.1, -0.05) is 53.3 Å². The smallest absolute Gasteiger partial charge is 0.361 e. The third-order valence-electron chi connectivity index (χ3n) is 6.46.